The fourth-order valence-electron chi connectivity index (χ4n) is 2.89. The molecule has 0 spiro atoms. The molecule has 140 valence electrons. The number of benzene rings is 2. The van der Waals surface area contributed by atoms with Gasteiger partial charge >= 0.3 is 0 Å². The summed E-state index contributed by atoms with van der Waals surface area (Å²) in [6.07, 6.45) is 1.67. The molecule has 0 saturated heterocycles. The molecule has 0 aliphatic carbocycles. The molecule has 2 aromatic heterocycles. The van der Waals surface area contributed by atoms with Crippen LogP contribution >= 0.6 is 15.9 Å². The van der Waals surface area contributed by atoms with Crippen molar-refractivity contribution in [3.8, 4) is 17.2 Å². The first kappa shape index (κ1) is 18.2. The minimum absolute atomic E-state index is 0.220. The van der Waals surface area contributed by atoms with Crippen molar-refractivity contribution in [1.82, 2.24) is 9.97 Å². The number of pyridine rings is 1. The van der Waals surface area contributed by atoms with Crippen LogP contribution in [0.1, 0.15) is 15.9 Å². The van der Waals surface area contributed by atoms with Crippen LogP contribution in [0.15, 0.2) is 63.6 Å². The van der Waals surface area contributed by atoms with Crippen LogP contribution in [-0.4, -0.2) is 23.0 Å². The monoisotopic (exact) mass is 437 g/mol. The Morgan fingerprint density at radius 3 is 2.79 bits per heavy atom. The van der Waals surface area contributed by atoms with E-state index in [-0.39, 0.29) is 5.91 Å². The number of nitrogens with zero attached hydrogens (tertiary/aromatic N) is 2. The highest BCUT2D eigenvalue weighted by Crippen LogP contribution is 2.31. The summed E-state index contributed by atoms with van der Waals surface area (Å²) in [5, 5.41) is 2.95. The zero-order chi connectivity index (χ0) is 19.7. The predicted molar refractivity (Wildman–Crippen MR) is 111 cm³/mol. The molecule has 0 atom stereocenters. The summed E-state index contributed by atoms with van der Waals surface area (Å²) in [5.74, 6) is 0.914. The second-order valence-electron chi connectivity index (χ2n) is 6.13. The largest absolute Gasteiger partial charge is 0.496 e. The second kappa shape index (κ2) is 7.44. The Hall–Kier alpha value is -3.19. The van der Waals surface area contributed by atoms with Crippen molar-refractivity contribution in [3.05, 3.63) is 70.3 Å². The van der Waals surface area contributed by atoms with Crippen molar-refractivity contribution in [1.29, 1.82) is 0 Å². The fourth-order valence-corrected chi connectivity index (χ4v) is 3.43. The lowest BCUT2D eigenvalue weighted by atomic mass is 10.1. The minimum Gasteiger partial charge on any atom is -0.496 e. The molecule has 7 heteroatoms. The smallest absolute Gasteiger partial charge is 0.255 e. The van der Waals surface area contributed by atoms with Crippen molar-refractivity contribution < 1.29 is 13.9 Å². The highest BCUT2D eigenvalue weighted by Gasteiger charge is 2.15. The number of aromatic nitrogens is 2. The van der Waals surface area contributed by atoms with E-state index in [2.05, 4.69) is 31.2 Å². The van der Waals surface area contributed by atoms with E-state index in [1.165, 1.54) is 0 Å². The van der Waals surface area contributed by atoms with Gasteiger partial charge in [0, 0.05) is 23.0 Å². The number of carbonyl (C=O) groups is 1. The van der Waals surface area contributed by atoms with Gasteiger partial charge in [-0.25, -0.2) is 4.98 Å². The van der Waals surface area contributed by atoms with Crippen LogP contribution in [0.2, 0.25) is 0 Å². The van der Waals surface area contributed by atoms with Gasteiger partial charge in [0.05, 0.1) is 11.6 Å². The van der Waals surface area contributed by atoms with E-state index < -0.39 is 0 Å². The Labute approximate surface area is 169 Å². The third kappa shape index (κ3) is 3.36. The number of fused-ring (bicyclic) bond motifs is 1. The van der Waals surface area contributed by atoms with Gasteiger partial charge in [-0.05, 0) is 70.9 Å². The molecule has 0 radical (unpaired) electrons. The quantitative estimate of drug-likeness (QED) is 0.473. The zero-order valence-electron chi connectivity index (χ0n) is 15.2. The van der Waals surface area contributed by atoms with Crippen LogP contribution in [-0.2, 0) is 0 Å². The molecular weight excluding hydrogens is 422 g/mol. The molecule has 0 fully saturated rings. The van der Waals surface area contributed by atoms with E-state index in [1.807, 2.05) is 31.2 Å². The maximum Gasteiger partial charge on any atom is 0.255 e. The lowest BCUT2D eigenvalue weighted by molar-refractivity contribution is 0.102. The van der Waals surface area contributed by atoms with Gasteiger partial charge in [0.15, 0.2) is 11.2 Å². The summed E-state index contributed by atoms with van der Waals surface area (Å²) in [5.41, 5.74) is 4.03. The minimum atomic E-state index is -0.220. The lowest BCUT2D eigenvalue weighted by Crippen LogP contribution is -2.13. The molecule has 1 amide bonds. The van der Waals surface area contributed by atoms with Crippen molar-refractivity contribution in [2.24, 2.45) is 0 Å². The maximum atomic E-state index is 12.7. The van der Waals surface area contributed by atoms with Crippen molar-refractivity contribution >= 4 is 38.8 Å². The standard InChI is InChI=1S/C21H16BrN3O3/c1-12-14(21-25-19-18(28-21)7-4-10-23-19)5-3-6-16(12)24-20(26)13-8-9-17(27-2)15(22)11-13/h3-11H,1-2H3,(H,24,26). The first-order chi connectivity index (χ1) is 13.6. The topological polar surface area (TPSA) is 77.2 Å². The molecule has 0 unspecified atom stereocenters. The molecule has 1 N–H and O–H groups in total. The first-order valence-electron chi connectivity index (χ1n) is 8.53. The molecule has 4 rings (SSSR count). The number of oxazole rings is 1. The SMILES string of the molecule is COc1ccc(C(=O)Nc2cccc(-c3nc4ncccc4o3)c2C)cc1Br. The number of hydrogen-bond acceptors (Lipinski definition) is 5. The Morgan fingerprint density at radius 2 is 2.04 bits per heavy atom. The molecule has 2 heterocycles. The molecule has 0 bridgehead atoms. The van der Waals surface area contributed by atoms with Crippen LogP contribution in [0.5, 0.6) is 5.75 Å². The van der Waals surface area contributed by atoms with Crippen molar-refractivity contribution in [2.75, 3.05) is 12.4 Å². The number of amides is 1. The normalized spacial score (nSPS) is 10.8. The van der Waals surface area contributed by atoms with E-state index in [4.69, 9.17) is 9.15 Å². The molecular formula is C21H16BrN3O3. The molecule has 0 aliphatic rings. The van der Waals surface area contributed by atoms with Gasteiger partial charge in [-0.3, -0.25) is 4.79 Å². The van der Waals surface area contributed by atoms with Gasteiger partial charge in [-0.1, -0.05) is 6.07 Å². The van der Waals surface area contributed by atoms with E-state index in [1.54, 1.807) is 37.6 Å². The fraction of sp³-hybridized carbons (Fsp3) is 0.0952. The highest BCUT2D eigenvalue weighted by molar-refractivity contribution is 9.10. The Morgan fingerprint density at radius 1 is 1.18 bits per heavy atom. The average molecular weight is 438 g/mol. The molecule has 4 aromatic rings. The van der Waals surface area contributed by atoms with Crippen LogP contribution in [0.4, 0.5) is 5.69 Å². The van der Waals surface area contributed by atoms with Crippen LogP contribution in [0.3, 0.4) is 0 Å². The van der Waals surface area contributed by atoms with Crippen LogP contribution < -0.4 is 10.1 Å². The Kier molecular flexibility index (Phi) is 4.83. The van der Waals surface area contributed by atoms with Gasteiger partial charge in [0.1, 0.15) is 5.75 Å². The number of carbonyl (C=O) groups excluding carboxylic acids is 1. The molecule has 2 aromatic carbocycles. The summed E-state index contributed by atoms with van der Waals surface area (Å²) in [7, 11) is 1.58. The summed E-state index contributed by atoms with van der Waals surface area (Å²) >= 11 is 3.40. The van der Waals surface area contributed by atoms with Crippen molar-refractivity contribution in [2.45, 2.75) is 6.92 Å². The van der Waals surface area contributed by atoms with Crippen LogP contribution in [0, 0.1) is 6.92 Å². The Balaban J connectivity index is 1.65. The zero-order valence-corrected chi connectivity index (χ0v) is 16.8. The number of nitrogens with one attached hydrogen (secondary N) is 1. The highest BCUT2D eigenvalue weighted by atomic mass is 79.9. The van der Waals surface area contributed by atoms with E-state index in [0.717, 1.165) is 11.1 Å². The summed E-state index contributed by atoms with van der Waals surface area (Å²) in [6, 6.07) is 14.4. The summed E-state index contributed by atoms with van der Waals surface area (Å²) in [4.78, 5) is 21.3. The van der Waals surface area contributed by atoms with E-state index in [0.29, 0.717) is 38.6 Å². The number of anilines is 1. The van der Waals surface area contributed by atoms with Gasteiger partial charge in [0.2, 0.25) is 5.89 Å². The number of methoxy groups -OCH3 is 1. The third-order valence-electron chi connectivity index (χ3n) is 4.39. The first-order valence-corrected chi connectivity index (χ1v) is 9.32. The number of halogens is 1. The molecule has 0 aliphatic heterocycles. The Bertz CT molecular complexity index is 1150. The second-order valence-corrected chi connectivity index (χ2v) is 6.98. The van der Waals surface area contributed by atoms with Gasteiger partial charge < -0.3 is 14.5 Å². The average Bonchev–Trinajstić information content (AvgIpc) is 3.13. The van der Waals surface area contributed by atoms with Gasteiger partial charge in [0.25, 0.3) is 5.91 Å². The summed E-state index contributed by atoms with van der Waals surface area (Å²) in [6.45, 7) is 1.91. The van der Waals surface area contributed by atoms with Gasteiger partial charge in [-0.15, -0.1) is 0 Å². The van der Waals surface area contributed by atoms with Crippen molar-refractivity contribution in [3.63, 3.8) is 0 Å². The summed E-state index contributed by atoms with van der Waals surface area (Å²) < 4.78 is 11.7. The number of hydrogen-bond donors (Lipinski definition) is 1. The molecule has 6 nitrogen and oxygen atoms in total. The van der Waals surface area contributed by atoms with E-state index in [9.17, 15) is 4.79 Å². The third-order valence-corrected chi connectivity index (χ3v) is 5.01. The lowest BCUT2D eigenvalue weighted by Gasteiger charge is -2.11. The maximum absolute atomic E-state index is 12.7. The van der Waals surface area contributed by atoms with Gasteiger partial charge in [-0.2, -0.15) is 4.98 Å². The van der Waals surface area contributed by atoms with E-state index >= 15 is 0 Å². The number of rotatable bonds is 4. The van der Waals surface area contributed by atoms with Crippen LogP contribution in [0.25, 0.3) is 22.7 Å². The number of ether oxygens (including phenoxy) is 1. The molecule has 28 heavy (non-hydrogen) atoms. The molecule has 0 saturated carbocycles. The predicted octanol–water partition coefficient (Wildman–Crippen LogP) is 5.22.